The van der Waals surface area contributed by atoms with Crippen molar-refractivity contribution in [2.75, 3.05) is 0 Å². The summed E-state index contributed by atoms with van der Waals surface area (Å²) in [7, 11) is 0. The SMILES string of the molecule is Cc1csc(CC(N)C2CCC3CCCCC3C2)n1. The Morgan fingerprint density at radius 3 is 2.79 bits per heavy atom. The summed E-state index contributed by atoms with van der Waals surface area (Å²) in [6.45, 7) is 2.07. The lowest BCUT2D eigenvalue weighted by Crippen LogP contribution is -2.38. The third-order valence-corrected chi connectivity index (χ3v) is 6.25. The predicted molar refractivity (Wildman–Crippen MR) is 81.3 cm³/mol. The second-order valence-corrected chi connectivity index (χ2v) is 7.57. The molecule has 0 amide bonds. The summed E-state index contributed by atoms with van der Waals surface area (Å²) in [5.74, 6) is 2.75. The van der Waals surface area contributed by atoms with Gasteiger partial charge in [-0.15, -0.1) is 11.3 Å². The lowest BCUT2D eigenvalue weighted by Gasteiger charge is -2.41. The first-order valence-corrected chi connectivity index (χ1v) is 8.77. The number of thiazole rings is 1. The largest absolute Gasteiger partial charge is 0.327 e. The number of hydrogen-bond acceptors (Lipinski definition) is 3. The molecule has 0 spiro atoms. The molecule has 2 aliphatic rings. The summed E-state index contributed by atoms with van der Waals surface area (Å²) in [4.78, 5) is 4.57. The molecule has 2 fully saturated rings. The first-order valence-electron chi connectivity index (χ1n) is 7.89. The van der Waals surface area contributed by atoms with Crippen LogP contribution in [0.25, 0.3) is 0 Å². The standard InChI is InChI=1S/C16H26N2S/c1-11-10-19-16(18-11)9-15(17)14-7-6-12-4-2-3-5-13(12)8-14/h10,12-15H,2-9,17H2,1H3. The third-order valence-electron chi connectivity index (χ3n) is 5.26. The molecule has 2 aliphatic carbocycles. The summed E-state index contributed by atoms with van der Waals surface area (Å²) in [5.41, 5.74) is 7.62. The molecule has 3 rings (SSSR count). The minimum atomic E-state index is 0.327. The number of rotatable bonds is 3. The molecule has 3 heteroatoms. The van der Waals surface area contributed by atoms with Gasteiger partial charge in [-0.3, -0.25) is 0 Å². The van der Waals surface area contributed by atoms with E-state index >= 15 is 0 Å². The highest BCUT2D eigenvalue weighted by molar-refractivity contribution is 7.09. The number of fused-ring (bicyclic) bond motifs is 1. The van der Waals surface area contributed by atoms with E-state index in [1.165, 1.54) is 50.0 Å². The molecule has 0 bridgehead atoms. The van der Waals surface area contributed by atoms with Crippen LogP contribution in [0.3, 0.4) is 0 Å². The number of aromatic nitrogens is 1. The Bertz CT molecular complexity index is 415. The molecule has 0 aromatic carbocycles. The smallest absolute Gasteiger partial charge is 0.0943 e. The zero-order chi connectivity index (χ0) is 13.2. The monoisotopic (exact) mass is 278 g/mol. The lowest BCUT2D eigenvalue weighted by atomic mass is 9.66. The van der Waals surface area contributed by atoms with E-state index in [2.05, 4.69) is 17.3 Å². The van der Waals surface area contributed by atoms with Gasteiger partial charge in [0, 0.05) is 23.5 Å². The maximum absolute atomic E-state index is 6.48. The van der Waals surface area contributed by atoms with Crippen molar-refractivity contribution in [2.24, 2.45) is 23.5 Å². The van der Waals surface area contributed by atoms with Gasteiger partial charge in [0.15, 0.2) is 0 Å². The van der Waals surface area contributed by atoms with Gasteiger partial charge >= 0.3 is 0 Å². The van der Waals surface area contributed by atoms with Crippen LogP contribution in [0.4, 0.5) is 0 Å². The molecule has 2 N–H and O–H groups in total. The molecule has 1 aromatic heterocycles. The van der Waals surface area contributed by atoms with Crippen LogP contribution in [0, 0.1) is 24.7 Å². The van der Waals surface area contributed by atoms with Crippen LogP contribution in [0.5, 0.6) is 0 Å². The number of aryl methyl sites for hydroxylation is 1. The molecule has 106 valence electrons. The van der Waals surface area contributed by atoms with E-state index in [-0.39, 0.29) is 0 Å². The van der Waals surface area contributed by atoms with Crippen molar-refractivity contribution in [3.8, 4) is 0 Å². The van der Waals surface area contributed by atoms with Crippen LogP contribution in [-0.2, 0) is 6.42 Å². The topological polar surface area (TPSA) is 38.9 Å². The van der Waals surface area contributed by atoms with Gasteiger partial charge < -0.3 is 5.73 Å². The molecule has 2 saturated carbocycles. The summed E-state index contributed by atoms with van der Waals surface area (Å²) in [5, 5.41) is 3.37. The minimum absolute atomic E-state index is 0.327. The van der Waals surface area contributed by atoms with Crippen molar-refractivity contribution in [3.05, 3.63) is 16.1 Å². The molecule has 1 heterocycles. The van der Waals surface area contributed by atoms with Crippen molar-refractivity contribution >= 4 is 11.3 Å². The van der Waals surface area contributed by atoms with E-state index in [4.69, 9.17) is 5.73 Å². The van der Waals surface area contributed by atoms with Crippen LogP contribution in [0.2, 0.25) is 0 Å². The van der Waals surface area contributed by atoms with E-state index in [1.54, 1.807) is 11.3 Å². The Kier molecular flexibility index (Phi) is 4.23. The van der Waals surface area contributed by atoms with E-state index in [1.807, 2.05) is 0 Å². The first kappa shape index (κ1) is 13.6. The molecule has 0 aliphatic heterocycles. The molecule has 0 radical (unpaired) electrons. The molecule has 19 heavy (non-hydrogen) atoms. The van der Waals surface area contributed by atoms with Gasteiger partial charge in [-0.25, -0.2) is 4.98 Å². The summed E-state index contributed by atoms with van der Waals surface area (Å²) < 4.78 is 0. The quantitative estimate of drug-likeness (QED) is 0.910. The molecule has 4 unspecified atom stereocenters. The molecular formula is C16H26N2S. The zero-order valence-electron chi connectivity index (χ0n) is 12.0. The summed E-state index contributed by atoms with van der Waals surface area (Å²) in [6, 6.07) is 0.327. The normalized spacial score (nSPS) is 32.8. The molecule has 2 nitrogen and oxygen atoms in total. The summed E-state index contributed by atoms with van der Waals surface area (Å²) >= 11 is 1.77. The van der Waals surface area contributed by atoms with Crippen LogP contribution in [0.1, 0.15) is 55.6 Å². The zero-order valence-corrected chi connectivity index (χ0v) is 12.8. The van der Waals surface area contributed by atoms with Gasteiger partial charge in [0.25, 0.3) is 0 Å². The second-order valence-electron chi connectivity index (χ2n) is 6.63. The fraction of sp³-hybridized carbons (Fsp3) is 0.812. The van der Waals surface area contributed by atoms with Gasteiger partial charge in [-0.05, 0) is 43.9 Å². The minimum Gasteiger partial charge on any atom is -0.327 e. The van der Waals surface area contributed by atoms with Crippen molar-refractivity contribution in [1.29, 1.82) is 0 Å². The van der Waals surface area contributed by atoms with Crippen molar-refractivity contribution in [2.45, 2.75) is 64.3 Å². The third kappa shape index (κ3) is 3.19. The van der Waals surface area contributed by atoms with E-state index in [0.717, 1.165) is 29.9 Å². The van der Waals surface area contributed by atoms with E-state index in [9.17, 15) is 0 Å². The average Bonchev–Trinajstić information content (AvgIpc) is 2.83. The Morgan fingerprint density at radius 2 is 2.05 bits per heavy atom. The van der Waals surface area contributed by atoms with Crippen LogP contribution in [0.15, 0.2) is 5.38 Å². The lowest BCUT2D eigenvalue weighted by molar-refractivity contribution is 0.117. The van der Waals surface area contributed by atoms with Gasteiger partial charge in [0.05, 0.1) is 5.01 Å². The molecule has 4 atom stereocenters. The molecule has 1 aromatic rings. The van der Waals surface area contributed by atoms with Gasteiger partial charge in [0.1, 0.15) is 0 Å². The highest BCUT2D eigenvalue weighted by Crippen LogP contribution is 2.43. The fourth-order valence-corrected chi connectivity index (χ4v) is 5.01. The predicted octanol–water partition coefficient (Wildman–Crippen LogP) is 3.93. The number of hydrogen-bond donors (Lipinski definition) is 1. The van der Waals surface area contributed by atoms with Gasteiger partial charge in [-0.1, -0.05) is 25.7 Å². The van der Waals surface area contributed by atoms with Gasteiger partial charge in [0.2, 0.25) is 0 Å². The highest BCUT2D eigenvalue weighted by Gasteiger charge is 2.34. The summed E-state index contributed by atoms with van der Waals surface area (Å²) in [6.07, 6.45) is 11.0. The van der Waals surface area contributed by atoms with Crippen LogP contribution < -0.4 is 5.73 Å². The first-order chi connectivity index (χ1) is 9.22. The van der Waals surface area contributed by atoms with Crippen molar-refractivity contribution in [1.82, 2.24) is 4.98 Å². The Hall–Kier alpha value is -0.410. The highest BCUT2D eigenvalue weighted by atomic mass is 32.1. The van der Waals surface area contributed by atoms with E-state index in [0.29, 0.717) is 6.04 Å². The second kappa shape index (κ2) is 5.92. The average molecular weight is 278 g/mol. The Morgan fingerprint density at radius 1 is 1.26 bits per heavy atom. The Balaban J connectivity index is 1.56. The van der Waals surface area contributed by atoms with Crippen molar-refractivity contribution in [3.63, 3.8) is 0 Å². The van der Waals surface area contributed by atoms with Crippen molar-refractivity contribution < 1.29 is 0 Å². The Labute approximate surface area is 120 Å². The van der Waals surface area contributed by atoms with Crippen LogP contribution in [-0.4, -0.2) is 11.0 Å². The molecule has 0 saturated heterocycles. The van der Waals surface area contributed by atoms with E-state index < -0.39 is 0 Å². The van der Waals surface area contributed by atoms with Gasteiger partial charge in [-0.2, -0.15) is 0 Å². The number of nitrogens with zero attached hydrogens (tertiary/aromatic N) is 1. The molecular weight excluding hydrogens is 252 g/mol. The maximum Gasteiger partial charge on any atom is 0.0943 e. The van der Waals surface area contributed by atoms with Crippen LogP contribution >= 0.6 is 11.3 Å². The number of nitrogens with two attached hydrogens (primary N) is 1. The fourth-order valence-electron chi connectivity index (χ4n) is 4.16. The maximum atomic E-state index is 6.48.